The molecule has 0 spiro atoms. The van der Waals surface area contributed by atoms with Crippen LogP contribution in [-0.2, 0) is 10.0 Å². The number of aliphatic hydroxyl groups is 1. The molecule has 0 aliphatic carbocycles. The van der Waals surface area contributed by atoms with E-state index in [4.69, 9.17) is 9.47 Å². The quantitative estimate of drug-likeness (QED) is 0.781. The van der Waals surface area contributed by atoms with Gasteiger partial charge in [-0.3, -0.25) is 0 Å². The summed E-state index contributed by atoms with van der Waals surface area (Å²) >= 11 is 0. The molecule has 0 fully saturated rings. The van der Waals surface area contributed by atoms with Crippen LogP contribution >= 0.6 is 0 Å². The van der Waals surface area contributed by atoms with Gasteiger partial charge in [-0.2, -0.15) is 0 Å². The second kappa shape index (κ2) is 7.81. The van der Waals surface area contributed by atoms with Crippen molar-refractivity contribution in [3.8, 4) is 11.5 Å². The number of rotatable bonds is 7. The highest BCUT2D eigenvalue weighted by molar-refractivity contribution is 7.89. The first-order valence-corrected chi connectivity index (χ1v) is 8.92. The fraction of sp³-hybridized carbons (Fsp3) is 0.294. The van der Waals surface area contributed by atoms with Gasteiger partial charge in [0, 0.05) is 6.54 Å². The summed E-state index contributed by atoms with van der Waals surface area (Å²) in [5, 5.41) is 10.2. The number of hydrogen-bond acceptors (Lipinski definition) is 5. The monoisotopic (exact) mass is 369 g/mol. The first-order valence-electron chi connectivity index (χ1n) is 7.44. The van der Waals surface area contributed by atoms with E-state index >= 15 is 0 Å². The topological polar surface area (TPSA) is 84.9 Å². The number of benzene rings is 2. The molecule has 2 aromatic rings. The van der Waals surface area contributed by atoms with Gasteiger partial charge >= 0.3 is 0 Å². The van der Waals surface area contributed by atoms with Crippen molar-refractivity contribution in [3.05, 3.63) is 53.3 Å². The SMILES string of the molecule is COc1ccc(C(O)CNS(=O)(=O)c2ccc(F)c(C)c2)cc1OC. The number of sulfonamides is 1. The molecule has 0 saturated carbocycles. The van der Waals surface area contributed by atoms with Gasteiger partial charge in [0.25, 0.3) is 0 Å². The van der Waals surface area contributed by atoms with Crippen molar-refractivity contribution < 1.29 is 27.4 Å². The average Bonchev–Trinajstić information content (AvgIpc) is 2.61. The van der Waals surface area contributed by atoms with E-state index in [9.17, 15) is 17.9 Å². The summed E-state index contributed by atoms with van der Waals surface area (Å²) in [4.78, 5) is -0.0640. The minimum Gasteiger partial charge on any atom is -0.493 e. The van der Waals surface area contributed by atoms with E-state index in [2.05, 4.69) is 4.72 Å². The number of ether oxygens (including phenoxy) is 2. The molecule has 0 aliphatic heterocycles. The fourth-order valence-corrected chi connectivity index (χ4v) is 3.36. The van der Waals surface area contributed by atoms with Crippen LogP contribution in [0.4, 0.5) is 4.39 Å². The summed E-state index contributed by atoms with van der Waals surface area (Å²) in [6.45, 7) is 1.24. The number of aryl methyl sites for hydroxylation is 1. The van der Waals surface area contributed by atoms with Gasteiger partial charge in [0.05, 0.1) is 25.2 Å². The lowest BCUT2D eigenvalue weighted by molar-refractivity contribution is 0.181. The summed E-state index contributed by atoms with van der Waals surface area (Å²) in [6.07, 6.45) is -1.09. The van der Waals surface area contributed by atoms with Crippen LogP contribution in [0.1, 0.15) is 17.2 Å². The number of hydrogen-bond donors (Lipinski definition) is 2. The Kier molecular flexibility index (Phi) is 5.99. The zero-order chi connectivity index (χ0) is 18.6. The third-order valence-corrected chi connectivity index (χ3v) is 5.12. The highest BCUT2D eigenvalue weighted by Gasteiger charge is 2.18. The fourth-order valence-electron chi connectivity index (χ4n) is 2.23. The van der Waals surface area contributed by atoms with Gasteiger partial charge < -0.3 is 14.6 Å². The van der Waals surface area contributed by atoms with Gasteiger partial charge in [0.2, 0.25) is 10.0 Å². The van der Waals surface area contributed by atoms with Crippen molar-refractivity contribution >= 4 is 10.0 Å². The molecule has 0 heterocycles. The molecular weight excluding hydrogens is 349 g/mol. The van der Waals surface area contributed by atoms with E-state index in [1.165, 1.54) is 33.3 Å². The third kappa shape index (κ3) is 4.47. The maximum atomic E-state index is 13.3. The second-order valence-electron chi connectivity index (χ2n) is 5.39. The Labute approximate surface area is 146 Å². The van der Waals surface area contributed by atoms with Crippen LogP contribution in [0.3, 0.4) is 0 Å². The Morgan fingerprint density at radius 3 is 2.40 bits per heavy atom. The molecule has 1 atom stereocenters. The maximum absolute atomic E-state index is 13.3. The van der Waals surface area contributed by atoms with Crippen LogP contribution in [0.25, 0.3) is 0 Å². The molecule has 2 rings (SSSR count). The Morgan fingerprint density at radius 2 is 1.80 bits per heavy atom. The van der Waals surface area contributed by atoms with Gasteiger partial charge in [-0.15, -0.1) is 0 Å². The summed E-state index contributed by atoms with van der Waals surface area (Å²) in [5.74, 6) is 0.446. The van der Waals surface area contributed by atoms with Crippen LogP contribution in [0.2, 0.25) is 0 Å². The number of nitrogens with one attached hydrogen (secondary N) is 1. The standard InChI is InChI=1S/C17H20FNO5S/c1-11-8-13(5-6-14(11)18)25(21,22)19-10-15(20)12-4-7-16(23-2)17(9-12)24-3/h4-9,15,19-20H,10H2,1-3H3. The van der Waals surface area contributed by atoms with Crippen molar-refractivity contribution in [2.24, 2.45) is 0 Å². The van der Waals surface area contributed by atoms with Crippen LogP contribution in [0.5, 0.6) is 11.5 Å². The smallest absolute Gasteiger partial charge is 0.240 e. The Hall–Kier alpha value is -2.16. The third-order valence-electron chi connectivity index (χ3n) is 3.70. The molecule has 25 heavy (non-hydrogen) atoms. The highest BCUT2D eigenvalue weighted by atomic mass is 32.2. The second-order valence-corrected chi connectivity index (χ2v) is 7.16. The normalized spacial score (nSPS) is 12.7. The van der Waals surface area contributed by atoms with Crippen molar-refractivity contribution in [2.75, 3.05) is 20.8 Å². The molecule has 0 amide bonds. The Balaban J connectivity index is 2.13. The van der Waals surface area contributed by atoms with Crippen molar-refractivity contribution in [1.82, 2.24) is 4.72 Å². The van der Waals surface area contributed by atoms with E-state index in [0.29, 0.717) is 17.1 Å². The zero-order valence-corrected chi connectivity index (χ0v) is 14.9. The summed E-state index contributed by atoms with van der Waals surface area (Å²) in [6, 6.07) is 8.31. The molecule has 2 N–H and O–H groups in total. The van der Waals surface area contributed by atoms with Crippen molar-refractivity contribution in [2.45, 2.75) is 17.9 Å². The number of methoxy groups -OCH3 is 2. The predicted molar refractivity (Wildman–Crippen MR) is 90.8 cm³/mol. The van der Waals surface area contributed by atoms with Gasteiger partial charge in [-0.25, -0.2) is 17.5 Å². The molecule has 1 unspecified atom stereocenters. The van der Waals surface area contributed by atoms with E-state index in [1.807, 2.05) is 0 Å². The molecule has 8 heteroatoms. The number of aliphatic hydroxyl groups excluding tert-OH is 1. The largest absolute Gasteiger partial charge is 0.493 e. The molecular formula is C17H20FNO5S. The van der Waals surface area contributed by atoms with Gasteiger partial charge in [-0.05, 0) is 48.4 Å². The predicted octanol–water partition coefficient (Wildman–Crippen LogP) is 2.16. The van der Waals surface area contributed by atoms with Gasteiger partial charge in [-0.1, -0.05) is 6.07 Å². The van der Waals surface area contributed by atoms with Crippen LogP contribution in [0, 0.1) is 12.7 Å². The van der Waals surface area contributed by atoms with Crippen LogP contribution < -0.4 is 14.2 Å². The zero-order valence-electron chi connectivity index (χ0n) is 14.1. The highest BCUT2D eigenvalue weighted by Crippen LogP contribution is 2.29. The first kappa shape index (κ1) is 19.2. The Morgan fingerprint density at radius 1 is 1.12 bits per heavy atom. The van der Waals surface area contributed by atoms with Crippen LogP contribution in [-0.4, -0.2) is 34.3 Å². The van der Waals surface area contributed by atoms with E-state index in [-0.39, 0.29) is 17.0 Å². The minimum absolute atomic E-state index is 0.0640. The molecule has 0 aliphatic rings. The first-order chi connectivity index (χ1) is 11.8. The molecule has 0 aromatic heterocycles. The molecule has 2 aromatic carbocycles. The van der Waals surface area contributed by atoms with E-state index < -0.39 is 21.9 Å². The van der Waals surface area contributed by atoms with Crippen LogP contribution in [0.15, 0.2) is 41.3 Å². The molecule has 0 bridgehead atoms. The lowest BCUT2D eigenvalue weighted by Crippen LogP contribution is -2.28. The van der Waals surface area contributed by atoms with Gasteiger partial charge in [0.1, 0.15) is 5.82 Å². The summed E-state index contributed by atoms with van der Waals surface area (Å²) < 4.78 is 50.4. The average molecular weight is 369 g/mol. The Bertz CT molecular complexity index is 854. The maximum Gasteiger partial charge on any atom is 0.240 e. The molecule has 6 nitrogen and oxygen atoms in total. The minimum atomic E-state index is -3.86. The lowest BCUT2D eigenvalue weighted by Gasteiger charge is -2.15. The lowest BCUT2D eigenvalue weighted by atomic mass is 10.1. The molecule has 0 saturated heterocycles. The molecule has 136 valence electrons. The molecule has 0 radical (unpaired) electrons. The summed E-state index contributed by atoms with van der Waals surface area (Å²) in [5.41, 5.74) is 0.693. The van der Waals surface area contributed by atoms with Gasteiger partial charge in [0.15, 0.2) is 11.5 Å². The summed E-state index contributed by atoms with van der Waals surface area (Å²) in [7, 11) is -0.905. The number of halogens is 1. The van der Waals surface area contributed by atoms with E-state index in [1.54, 1.807) is 18.2 Å². The van der Waals surface area contributed by atoms with Crippen molar-refractivity contribution in [3.63, 3.8) is 0 Å². The van der Waals surface area contributed by atoms with Crippen molar-refractivity contribution in [1.29, 1.82) is 0 Å². The van der Waals surface area contributed by atoms with E-state index in [0.717, 1.165) is 6.07 Å².